The first-order valence-electron chi connectivity index (χ1n) is 11.2. The lowest BCUT2D eigenvalue weighted by Gasteiger charge is -1.98. The van der Waals surface area contributed by atoms with Crippen LogP contribution in [-0.2, 0) is 19.1 Å². The molecule has 0 spiro atoms. The fourth-order valence-electron chi connectivity index (χ4n) is 2.23. The van der Waals surface area contributed by atoms with Gasteiger partial charge in [0.1, 0.15) is 13.2 Å². The third-order valence-corrected chi connectivity index (χ3v) is 3.87. The van der Waals surface area contributed by atoms with E-state index in [1.165, 1.54) is 38.5 Å². The van der Waals surface area contributed by atoms with E-state index in [0.717, 1.165) is 25.7 Å². The lowest BCUT2D eigenvalue weighted by Crippen LogP contribution is -2.02. The van der Waals surface area contributed by atoms with Crippen molar-refractivity contribution in [1.29, 1.82) is 0 Å². The molecule has 0 aliphatic rings. The second-order valence-corrected chi connectivity index (χ2v) is 6.80. The zero-order chi connectivity index (χ0) is 21.3. The molecule has 0 aliphatic heterocycles. The Hall–Kier alpha value is -1.58. The van der Waals surface area contributed by atoms with E-state index in [-0.39, 0.29) is 11.9 Å². The van der Waals surface area contributed by atoms with Crippen LogP contribution in [-0.4, -0.2) is 25.2 Å². The van der Waals surface area contributed by atoms with Crippen LogP contribution in [0, 0.1) is 0 Å². The summed E-state index contributed by atoms with van der Waals surface area (Å²) in [5.74, 6) is -0.184. The van der Waals surface area contributed by atoms with Gasteiger partial charge in [0, 0.05) is 12.8 Å². The van der Waals surface area contributed by atoms with Gasteiger partial charge in [-0.1, -0.05) is 77.7 Å². The van der Waals surface area contributed by atoms with Gasteiger partial charge in [0.05, 0.1) is 0 Å². The molecule has 0 bridgehead atoms. The Kier molecular flexibility index (Phi) is 26.0. The van der Waals surface area contributed by atoms with E-state index in [0.29, 0.717) is 26.1 Å². The van der Waals surface area contributed by atoms with Crippen molar-refractivity contribution in [2.45, 2.75) is 105 Å². The van der Waals surface area contributed by atoms with Gasteiger partial charge in [-0.05, 0) is 38.5 Å². The number of hydrogen-bond acceptors (Lipinski definition) is 4. The maximum Gasteiger partial charge on any atom is 0.306 e. The molecule has 0 atom stereocenters. The zero-order valence-corrected chi connectivity index (χ0v) is 18.8. The standard InChI is InChI=1S/2C12H22O2/c2*1-3-5-6-7-8-9-11-14-12(13)10-4-2/h2*8-9H,3-7,10-11H2,1-2H3/b2*9-8+. The normalized spacial score (nSPS) is 10.7. The molecule has 0 aromatic heterocycles. The third kappa shape index (κ3) is 26.6. The Morgan fingerprint density at radius 3 is 1.29 bits per heavy atom. The Bertz CT molecular complexity index is 361. The fraction of sp³-hybridized carbons (Fsp3) is 0.750. The van der Waals surface area contributed by atoms with Gasteiger partial charge < -0.3 is 9.47 Å². The highest BCUT2D eigenvalue weighted by Crippen LogP contribution is 2.00. The molecule has 4 nitrogen and oxygen atoms in total. The molecule has 0 N–H and O–H groups in total. The molecule has 0 aromatic carbocycles. The fourth-order valence-corrected chi connectivity index (χ4v) is 2.23. The number of carbonyl (C=O) groups is 2. The number of ether oxygens (including phenoxy) is 2. The van der Waals surface area contributed by atoms with Gasteiger partial charge in [-0.2, -0.15) is 0 Å². The highest BCUT2D eigenvalue weighted by molar-refractivity contribution is 5.69. The smallest absolute Gasteiger partial charge is 0.306 e. The van der Waals surface area contributed by atoms with Gasteiger partial charge in [-0.3, -0.25) is 9.59 Å². The molecule has 164 valence electrons. The monoisotopic (exact) mass is 396 g/mol. The van der Waals surface area contributed by atoms with Gasteiger partial charge in [-0.25, -0.2) is 0 Å². The molecule has 0 fully saturated rings. The van der Waals surface area contributed by atoms with Crippen molar-refractivity contribution >= 4 is 11.9 Å². The summed E-state index contributed by atoms with van der Waals surface area (Å²) in [4.78, 5) is 21.8. The zero-order valence-electron chi connectivity index (χ0n) is 18.8. The van der Waals surface area contributed by atoms with Gasteiger partial charge in [0.15, 0.2) is 0 Å². The molecule has 0 aliphatic carbocycles. The summed E-state index contributed by atoms with van der Waals surface area (Å²) in [6.45, 7) is 9.20. The van der Waals surface area contributed by atoms with Crippen LogP contribution in [0.5, 0.6) is 0 Å². The van der Waals surface area contributed by atoms with E-state index in [9.17, 15) is 9.59 Å². The van der Waals surface area contributed by atoms with Crippen molar-refractivity contribution in [1.82, 2.24) is 0 Å². The van der Waals surface area contributed by atoms with Crippen molar-refractivity contribution in [2.75, 3.05) is 13.2 Å². The quantitative estimate of drug-likeness (QED) is 0.161. The number of unbranched alkanes of at least 4 members (excludes halogenated alkanes) is 6. The largest absolute Gasteiger partial charge is 0.461 e. The van der Waals surface area contributed by atoms with Crippen LogP contribution < -0.4 is 0 Å². The van der Waals surface area contributed by atoms with E-state index in [4.69, 9.17) is 9.47 Å². The van der Waals surface area contributed by atoms with Crippen LogP contribution in [0.2, 0.25) is 0 Å². The topological polar surface area (TPSA) is 52.6 Å². The summed E-state index contributed by atoms with van der Waals surface area (Å²) in [7, 11) is 0. The van der Waals surface area contributed by atoms with Crippen molar-refractivity contribution < 1.29 is 19.1 Å². The maximum atomic E-state index is 10.9. The molecular weight excluding hydrogens is 352 g/mol. The Labute approximate surface area is 173 Å². The molecule has 28 heavy (non-hydrogen) atoms. The van der Waals surface area contributed by atoms with Crippen LogP contribution >= 0.6 is 0 Å². The number of allylic oxidation sites excluding steroid dienone is 2. The molecule has 4 heteroatoms. The predicted molar refractivity (Wildman–Crippen MR) is 118 cm³/mol. The van der Waals surface area contributed by atoms with E-state index >= 15 is 0 Å². The average molecular weight is 397 g/mol. The molecule has 0 saturated heterocycles. The number of rotatable bonds is 16. The molecular formula is C24H44O4. The Morgan fingerprint density at radius 1 is 0.571 bits per heavy atom. The second kappa shape index (κ2) is 25.4. The molecule has 0 rings (SSSR count). The number of carbonyl (C=O) groups excluding carboxylic acids is 2. The lowest BCUT2D eigenvalue weighted by atomic mass is 10.2. The molecule has 0 saturated carbocycles. The minimum absolute atomic E-state index is 0.0919. The third-order valence-electron chi connectivity index (χ3n) is 3.87. The van der Waals surface area contributed by atoms with E-state index in [2.05, 4.69) is 26.0 Å². The van der Waals surface area contributed by atoms with Gasteiger partial charge >= 0.3 is 11.9 Å². The van der Waals surface area contributed by atoms with Crippen LogP contribution in [0.3, 0.4) is 0 Å². The lowest BCUT2D eigenvalue weighted by molar-refractivity contribution is -0.143. The molecule has 0 amide bonds. The van der Waals surface area contributed by atoms with Crippen LogP contribution in [0.15, 0.2) is 24.3 Å². The minimum Gasteiger partial charge on any atom is -0.461 e. The number of esters is 2. The highest BCUT2D eigenvalue weighted by Gasteiger charge is 1.97. The van der Waals surface area contributed by atoms with Crippen molar-refractivity contribution in [3.63, 3.8) is 0 Å². The van der Waals surface area contributed by atoms with Gasteiger partial charge in [0.2, 0.25) is 0 Å². The highest BCUT2D eigenvalue weighted by atomic mass is 16.5. The van der Waals surface area contributed by atoms with Crippen LogP contribution in [0.1, 0.15) is 105 Å². The van der Waals surface area contributed by atoms with E-state index < -0.39 is 0 Å². The summed E-state index contributed by atoms with van der Waals surface area (Å²) < 4.78 is 9.93. The van der Waals surface area contributed by atoms with Crippen molar-refractivity contribution in [2.24, 2.45) is 0 Å². The van der Waals surface area contributed by atoms with Crippen molar-refractivity contribution in [3.05, 3.63) is 24.3 Å². The minimum atomic E-state index is -0.0919. The summed E-state index contributed by atoms with van der Waals surface area (Å²) in [6.07, 6.45) is 20.5. The summed E-state index contributed by atoms with van der Waals surface area (Å²) >= 11 is 0. The molecule has 0 radical (unpaired) electrons. The Morgan fingerprint density at radius 2 is 0.964 bits per heavy atom. The maximum absolute atomic E-state index is 10.9. The summed E-state index contributed by atoms with van der Waals surface area (Å²) in [6, 6.07) is 0. The summed E-state index contributed by atoms with van der Waals surface area (Å²) in [5, 5.41) is 0. The van der Waals surface area contributed by atoms with Crippen LogP contribution in [0.25, 0.3) is 0 Å². The molecule has 0 aromatic rings. The van der Waals surface area contributed by atoms with Crippen LogP contribution in [0.4, 0.5) is 0 Å². The van der Waals surface area contributed by atoms with Gasteiger partial charge in [0.25, 0.3) is 0 Å². The van der Waals surface area contributed by atoms with Gasteiger partial charge in [-0.15, -0.1) is 0 Å². The predicted octanol–water partition coefficient (Wildman–Crippen LogP) is 6.93. The second-order valence-electron chi connectivity index (χ2n) is 6.80. The average Bonchev–Trinajstić information content (AvgIpc) is 2.67. The van der Waals surface area contributed by atoms with E-state index in [1.807, 2.05) is 26.0 Å². The first-order chi connectivity index (χ1) is 13.6. The SMILES string of the molecule is CCCCC/C=C/COC(=O)CCC.CCCCC/C=C/COC(=O)CCC. The first-order valence-corrected chi connectivity index (χ1v) is 11.2. The van der Waals surface area contributed by atoms with Crippen molar-refractivity contribution in [3.8, 4) is 0 Å². The first kappa shape index (κ1) is 28.6. The molecule has 0 heterocycles. The molecule has 0 unspecified atom stereocenters. The van der Waals surface area contributed by atoms with E-state index in [1.54, 1.807) is 0 Å². The summed E-state index contributed by atoms with van der Waals surface area (Å²) in [5.41, 5.74) is 0. The Balaban J connectivity index is 0. The number of hydrogen-bond donors (Lipinski definition) is 0.